The summed E-state index contributed by atoms with van der Waals surface area (Å²) in [6.07, 6.45) is 2.18. The summed E-state index contributed by atoms with van der Waals surface area (Å²) in [6, 6.07) is 16.1. The van der Waals surface area contributed by atoms with Gasteiger partial charge in [-0.15, -0.1) is 10.2 Å². The molecule has 0 bridgehead atoms. The zero-order chi connectivity index (χ0) is 16.4. The van der Waals surface area contributed by atoms with Crippen molar-refractivity contribution in [1.82, 2.24) is 20.2 Å². The largest absolute Gasteiger partial charge is 0.415 e. The first-order valence-corrected chi connectivity index (χ1v) is 8.36. The molecular formula is C18H14N4OS. The molecule has 4 aromatic rings. The van der Waals surface area contributed by atoms with Crippen LogP contribution in [0.25, 0.3) is 10.9 Å². The van der Waals surface area contributed by atoms with E-state index in [-0.39, 0.29) is 0 Å². The molecule has 0 radical (unpaired) electrons. The van der Waals surface area contributed by atoms with E-state index in [0.29, 0.717) is 17.5 Å². The summed E-state index contributed by atoms with van der Waals surface area (Å²) >= 11 is 1.36. The quantitative estimate of drug-likeness (QED) is 0.524. The number of fused-ring (bicyclic) bond motifs is 1. The predicted octanol–water partition coefficient (Wildman–Crippen LogP) is 4.06. The molecule has 4 rings (SSSR count). The highest BCUT2D eigenvalue weighted by atomic mass is 32.2. The van der Waals surface area contributed by atoms with Crippen molar-refractivity contribution in [2.24, 2.45) is 0 Å². The van der Waals surface area contributed by atoms with Crippen LogP contribution in [0.1, 0.15) is 17.0 Å². The van der Waals surface area contributed by atoms with Crippen LogP contribution in [-0.4, -0.2) is 20.2 Å². The minimum absolute atomic E-state index is 0.488. The zero-order valence-electron chi connectivity index (χ0n) is 13.0. The fourth-order valence-corrected chi connectivity index (χ4v) is 3.23. The van der Waals surface area contributed by atoms with Crippen LogP contribution in [-0.2, 0) is 6.42 Å². The molecule has 0 atom stereocenters. The Balaban J connectivity index is 1.58. The van der Waals surface area contributed by atoms with E-state index in [1.165, 1.54) is 22.9 Å². The molecule has 0 aliphatic heterocycles. The molecule has 0 saturated heterocycles. The average Bonchev–Trinajstić information content (AvgIpc) is 3.04. The van der Waals surface area contributed by atoms with E-state index in [0.717, 1.165) is 15.9 Å². The first-order valence-electron chi connectivity index (χ1n) is 7.54. The highest BCUT2D eigenvalue weighted by Gasteiger charge is 2.12. The lowest BCUT2D eigenvalue weighted by Gasteiger charge is -2.02. The normalized spacial score (nSPS) is 11.0. The molecule has 2 heterocycles. The van der Waals surface area contributed by atoms with Gasteiger partial charge in [-0.25, -0.2) is 9.97 Å². The second kappa shape index (κ2) is 6.41. The van der Waals surface area contributed by atoms with Gasteiger partial charge in [-0.2, -0.15) is 0 Å². The summed E-state index contributed by atoms with van der Waals surface area (Å²) in [5.41, 5.74) is 3.30. The number of aryl methyl sites for hydroxylation is 1. The van der Waals surface area contributed by atoms with Gasteiger partial charge >= 0.3 is 0 Å². The standard InChI is InChI=1S/C18H14N4OS/c1-12-6-2-3-7-13(12)10-16-21-22-18(23-16)24-17-14-8-4-5-9-15(14)19-11-20-17/h2-9,11H,10H2,1H3. The monoisotopic (exact) mass is 334 g/mol. The van der Waals surface area contributed by atoms with E-state index in [1.54, 1.807) is 6.33 Å². The molecule has 2 aromatic heterocycles. The molecule has 118 valence electrons. The van der Waals surface area contributed by atoms with Crippen LogP contribution in [0.4, 0.5) is 0 Å². The van der Waals surface area contributed by atoms with Crippen LogP contribution in [0.5, 0.6) is 0 Å². The molecule has 6 heteroatoms. The van der Waals surface area contributed by atoms with Crippen LogP contribution in [0.2, 0.25) is 0 Å². The van der Waals surface area contributed by atoms with Gasteiger partial charge < -0.3 is 4.42 Å². The summed E-state index contributed by atoms with van der Waals surface area (Å²) in [6.45, 7) is 2.08. The maximum atomic E-state index is 5.78. The van der Waals surface area contributed by atoms with Gasteiger partial charge in [0.2, 0.25) is 5.89 Å². The molecule has 0 spiro atoms. The Labute approximate surface area is 143 Å². The Bertz CT molecular complexity index is 994. The van der Waals surface area contributed by atoms with E-state index < -0.39 is 0 Å². The van der Waals surface area contributed by atoms with Gasteiger partial charge in [0.15, 0.2) is 0 Å². The molecule has 24 heavy (non-hydrogen) atoms. The van der Waals surface area contributed by atoms with E-state index in [4.69, 9.17) is 4.42 Å². The summed E-state index contributed by atoms with van der Waals surface area (Å²) in [7, 11) is 0. The maximum Gasteiger partial charge on any atom is 0.282 e. The number of aromatic nitrogens is 4. The molecule has 0 amide bonds. The molecular weight excluding hydrogens is 320 g/mol. The first kappa shape index (κ1) is 14.8. The number of benzene rings is 2. The van der Waals surface area contributed by atoms with Crippen LogP contribution < -0.4 is 0 Å². The van der Waals surface area contributed by atoms with E-state index in [2.05, 4.69) is 39.2 Å². The zero-order valence-corrected chi connectivity index (χ0v) is 13.8. The third-order valence-corrected chi connectivity index (χ3v) is 4.60. The summed E-state index contributed by atoms with van der Waals surface area (Å²) in [4.78, 5) is 8.60. The lowest BCUT2D eigenvalue weighted by molar-refractivity contribution is 0.420. The van der Waals surface area contributed by atoms with Crippen molar-refractivity contribution in [3.05, 3.63) is 71.9 Å². The van der Waals surface area contributed by atoms with Gasteiger partial charge in [0.25, 0.3) is 5.22 Å². The lowest BCUT2D eigenvalue weighted by Crippen LogP contribution is -1.91. The van der Waals surface area contributed by atoms with Crippen molar-refractivity contribution in [2.75, 3.05) is 0 Å². The van der Waals surface area contributed by atoms with Crippen LogP contribution in [0.15, 0.2) is 69.5 Å². The number of nitrogens with zero attached hydrogens (tertiary/aromatic N) is 4. The number of rotatable bonds is 4. The Kier molecular flexibility index (Phi) is 3.96. The third-order valence-electron chi connectivity index (χ3n) is 3.74. The van der Waals surface area contributed by atoms with E-state index in [1.807, 2.05) is 36.4 Å². The Morgan fingerprint density at radius 2 is 1.79 bits per heavy atom. The highest BCUT2D eigenvalue weighted by Crippen LogP contribution is 2.30. The van der Waals surface area contributed by atoms with Crippen molar-refractivity contribution in [1.29, 1.82) is 0 Å². The average molecular weight is 334 g/mol. The molecule has 5 nitrogen and oxygen atoms in total. The molecule has 0 N–H and O–H groups in total. The van der Waals surface area contributed by atoms with E-state index >= 15 is 0 Å². The minimum Gasteiger partial charge on any atom is -0.415 e. The Morgan fingerprint density at radius 3 is 2.71 bits per heavy atom. The molecule has 2 aromatic carbocycles. The van der Waals surface area contributed by atoms with Gasteiger partial charge in [-0.05, 0) is 35.9 Å². The van der Waals surface area contributed by atoms with Gasteiger partial charge in [0.05, 0.1) is 11.9 Å². The number of hydrogen-bond donors (Lipinski definition) is 0. The molecule has 0 aliphatic rings. The van der Waals surface area contributed by atoms with Gasteiger partial charge in [-0.1, -0.05) is 42.5 Å². The lowest BCUT2D eigenvalue weighted by atomic mass is 10.1. The van der Waals surface area contributed by atoms with Crippen molar-refractivity contribution in [2.45, 2.75) is 23.6 Å². The Hall–Kier alpha value is -2.73. The topological polar surface area (TPSA) is 64.7 Å². The molecule has 0 fully saturated rings. The second-order valence-corrected chi connectivity index (χ2v) is 6.30. The van der Waals surface area contributed by atoms with Gasteiger partial charge in [0.1, 0.15) is 11.4 Å². The van der Waals surface area contributed by atoms with Crippen LogP contribution >= 0.6 is 11.8 Å². The fraction of sp³-hybridized carbons (Fsp3) is 0.111. The molecule has 0 saturated carbocycles. The second-order valence-electron chi connectivity index (χ2n) is 5.36. The van der Waals surface area contributed by atoms with Crippen molar-refractivity contribution in [3.63, 3.8) is 0 Å². The summed E-state index contributed by atoms with van der Waals surface area (Å²) < 4.78 is 5.78. The highest BCUT2D eigenvalue weighted by molar-refractivity contribution is 7.99. The van der Waals surface area contributed by atoms with Gasteiger partial charge in [-0.3, -0.25) is 0 Å². The summed E-state index contributed by atoms with van der Waals surface area (Å²) in [5.74, 6) is 0.602. The van der Waals surface area contributed by atoms with E-state index in [9.17, 15) is 0 Å². The number of hydrogen-bond acceptors (Lipinski definition) is 6. The Morgan fingerprint density at radius 1 is 0.958 bits per heavy atom. The van der Waals surface area contributed by atoms with Crippen molar-refractivity contribution < 1.29 is 4.42 Å². The smallest absolute Gasteiger partial charge is 0.282 e. The number of para-hydroxylation sites is 1. The summed E-state index contributed by atoms with van der Waals surface area (Å²) in [5, 5.41) is 10.6. The molecule has 0 unspecified atom stereocenters. The van der Waals surface area contributed by atoms with Gasteiger partial charge in [0, 0.05) is 5.39 Å². The van der Waals surface area contributed by atoms with Crippen LogP contribution in [0.3, 0.4) is 0 Å². The van der Waals surface area contributed by atoms with Crippen LogP contribution in [0, 0.1) is 6.92 Å². The van der Waals surface area contributed by atoms with Crippen molar-refractivity contribution in [3.8, 4) is 0 Å². The van der Waals surface area contributed by atoms with Crippen molar-refractivity contribution >= 4 is 22.7 Å². The SMILES string of the molecule is Cc1ccccc1Cc1nnc(Sc2ncnc3ccccc23)o1. The fourth-order valence-electron chi connectivity index (χ4n) is 2.47. The minimum atomic E-state index is 0.488. The third kappa shape index (κ3) is 3.00. The molecule has 0 aliphatic carbocycles. The maximum absolute atomic E-state index is 5.78. The first-order chi connectivity index (χ1) is 11.8. The predicted molar refractivity (Wildman–Crippen MR) is 91.9 cm³/mol.